The maximum Gasteiger partial charge on any atom is 0.338 e. The standard InChI is InChI=1S/C16H21ClO5/c1-2-21-16(20)13-9-12(15(18)19)10-14(11-13)22-8-6-4-3-5-7-17/h9-11H,2-8H2,1H3,(H,18,19). The summed E-state index contributed by atoms with van der Waals surface area (Å²) in [5, 5.41) is 9.09. The minimum Gasteiger partial charge on any atom is -0.494 e. The topological polar surface area (TPSA) is 72.8 Å². The van der Waals surface area contributed by atoms with Gasteiger partial charge >= 0.3 is 11.9 Å². The zero-order valence-corrected chi connectivity index (χ0v) is 13.4. The van der Waals surface area contributed by atoms with Crippen LogP contribution in [-0.2, 0) is 4.74 Å². The third-order valence-corrected chi connectivity index (χ3v) is 3.23. The summed E-state index contributed by atoms with van der Waals surface area (Å²) in [5.41, 5.74) is 0.182. The quantitative estimate of drug-likeness (QED) is 0.402. The molecule has 0 amide bonds. The van der Waals surface area contributed by atoms with E-state index in [-0.39, 0.29) is 17.7 Å². The van der Waals surface area contributed by atoms with Gasteiger partial charge < -0.3 is 14.6 Å². The molecule has 22 heavy (non-hydrogen) atoms. The molecule has 0 bridgehead atoms. The van der Waals surface area contributed by atoms with E-state index >= 15 is 0 Å². The van der Waals surface area contributed by atoms with Crippen LogP contribution in [0.3, 0.4) is 0 Å². The van der Waals surface area contributed by atoms with Crippen LogP contribution < -0.4 is 4.74 Å². The number of alkyl halides is 1. The number of carboxylic acids is 1. The maximum atomic E-state index is 11.7. The van der Waals surface area contributed by atoms with E-state index < -0.39 is 11.9 Å². The molecule has 0 unspecified atom stereocenters. The van der Waals surface area contributed by atoms with Crippen molar-refractivity contribution >= 4 is 23.5 Å². The van der Waals surface area contributed by atoms with E-state index in [9.17, 15) is 9.59 Å². The van der Waals surface area contributed by atoms with E-state index in [1.165, 1.54) is 18.2 Å². The number of carbonyl (C=O) groups excluding carboxylic acids is 1. The van der Waals surface area contributed by atoms with E-state index in [1.807, 2.05) is 0 Å². The molecule has 0 aliphatic rings. The molecule has 1 N–H and O–H groups in total. The van der Waals surface area contributed by atoms with Crippen LogP contribution in [0, 0.1) is 0 Å². The van der Waals surface area contributed by atoms with Crippen molar-refractivity contribution in [2.75, 3.05) is 19.1 Å². The fourth-order valence-electron chi connectivity index (χ4n) is 1.88. The number of rotatable bonds is 10. The molecule has 0 saturated carbocycles. The molecule has 1 rings (SSSR count). The van der Waals surface area contributed by atoms with Crippen LogP contribution >= 0.6 is 11.6 Å². The SMILES string of the molecule is CCOC(=O)c1cc(OCCCCCCCl)cc(C(=O)O)c1. The summed E-state index contributed by atoms with van der Waals surface area (Å²) in [7, 11) is 0. The third-order valence-electron chi connectivity index (χ3n) is 2.96. The second kappa shape index (κ2) is 10.1. The first-order chi connectivity index (χ1) is 10.6. The lowest BCUT2D eigenvalue weighted by molar-refractivity contribution is 0.0526. The van der Waals surface area contributed by atoms with Crippen molar-refractivity contribution in [1.82, 2.24) is 0 Å². The van der Waals surface area contributed by atoms with Crippen molar-refractivity contribution in [2.45, 2.75) is 32.6 Å². The fourth-order valence-corrected chi connectivity index (χ4v) is 2.07. The Labute approximate surface area is 135 Å². The molecule has 6 heteroatoms. The van der Waals surface area contributed by atoms with Gasteiger partial charge in [0, 0.05) is 5.88 Å². The number of hydrogen-bond acceptors (Lipinski definition) is 4. The number of carbonyl (C=O) groups is 2. The van der Waals surface area contributed by atoms with E-state index in [0.29, 0.717) is 18.2 Å². The molecule has 0 aliphatic heterocycles. The second-order valence-electron chi connectivity index (χ2n) is 4.72. The van der Waals surface area contributed by atoms with Gasteiger partial charge in [-0.05, 0) is 38.0 Å². The van der Waals surface area contributed by atoms with Gasteiger partial charge in [-0.3, -0.25) is 0 Å². The average molecular weight is 329 g/mol. The fraction of sp³-hybridized carbons (Fsp3) is 0.500. The maximum absolute atomic E-state index is 11.7. The molecule has 0 aliphatic carbocycles. The van der Waals surface area contributed by atoms with Gasteiger partial charge in [-0.2, -0.15) is 0 Å². The summed E-state index contributed by atoms with van der Waals surface area (Å²) in [5.74, 6) is -0.652. The van der Waals surface area contributed by atoms with Crippen LogP contribution in [0.2, 0.25) is 0 Å². The molecule has 0 saturated heterocycles. The first kappa shape index (κ1) is 18.3. The van der Waals surface area contributed by atoms with Crippen LogP contribution in [0.4, 0.5) is 0 Å². The van der Waals surface area contributed by atoms with Crippen LogP contribution in [0.15, 0.2) is 18.2 Å². The van der Waals surface area contributed by atoms with Crippen molar-refractivity contribution in [3.8, 4) is 5.75 Å². The summed E-state index contributed by atoms with van der Waals surface area (Å²) in [6.07, 6.45) is 3.86. The lowest BCUT2D eigenvalue weighted by atomic mass is 10.1. The van der Waals surface area contributed by atoms with E-state index in [0.717, 1.165) is 25.7 Å². The van der Waals surface area contributed by atoms with Gasteiger partial charge in [0.25, 0.3) is 0 Å². The summed E-state index contributed by atoms with van der Waals surface area (Å²) in [6, 6.07) is 4.20. The highest BCUT2D eigenvalue weighted by Crippen LogP contribution is 2.19. The lowest BCUT2D eigenvalue weighted by Gasteiger charge is -2.09. The molecule has 0 heterocycles. The van der Waals surface area contributed by atoms with Crippen molar-refractivity contribution < 1.29 is 24.2 Å². The Kier molecular flexibility index (Phi) is 8.36. The number of halogens is 1. The molecular weight excluding hydrogens is 308 g/mol. The number of benzene rings is 1. The predicted molar refractivity (Wildman–Crippen MR) is 84.0 cm³/mol. The largest absolute Gasteiger partial charge is 0.494 e. The molecule has 0 spiro atoms. The van der Waals surface area contributed by atoms with Gasteiger partial charge in [-0.1, -0.05) is 12.8 Å². The zero-order valence-electron chi connectivity index (χ0n) is 12.6. The van der Waals surface area contributed by atoms with Crippen molar-refractivity contribution in [3.63, 3.8) is 0 Å². The number of aromatic carboxylic acids is 1. The lowest BCUT2D eigenvalue weighted by Crippen LogP contribution is -2.08. The Morgan fingerprint density at radius 3 is 2.41 bits per heavy atom. The number of unbranched alkanes of at least 4 members (excludes halogenated alkanes) is 3. The normalized spacial score (nSPS) is 10.3. The summed E-state index contributed by atoms with van der Waals surface area (Å²) < 4.78 is 10.4. The summed E-state index contributed by atoms with van der Waals surface area (Å²) >= 11 is 5.60. The third kappa shape index (κ3) is 6.35. The van der Waals surface area contributed by atoms with Crippen LogP contribution in [0.25, 0.3) is 0 Å². The van der Waals surface area contributed by atoms with Crippen molar-refractivity contribution in [2.24, 2.45) is 0 Å². The van der Waals surface area contributed by atoms with Crippen LogP contribution in [-0.4, -0.2) is 36.1 Å². The van der Waals surface area contributed by atoms with Crippen molar-refractivity contribution in [1.29, 1.82) is 0 Å². The molecule has 1 aromatic carbocycles. The van der Waals surface area contributed by atoms with Gasteiger partial charge in [0.05, 0.1) is 24.3 Å². The second-order valence-corrected chi connectivity index (χ2v) is 5.10. The molecule has 0 atom stereocenters. The van der Waals surface area contributed by atoms with Gasteiger partial charge in [0.15, 0.2) is 0 Å². The minimum absolute atomic E-state index is 0.00249. The zero-order chi connectivity index (χ0) is 16.4. The smallest absolute Gasteiger partial charge is 0.338 e. The van der Waals surface area contributed by atoms with Gasteiger partial charge in [0.2, 0.25) is 0 Å². The van der Waals surface area contributed by atoms with Crippen molar-refractivity contribution in [3.05, 3.63) is 29.3 Å². The Morgan fingerprint density at radius 1 is 1.09 bits per heavy atom. The van der Waals surface area contributed by atoms with Gasteiger partial charge in [-0.25, -0.2) is 9.59 Å². The van der Waals surface area contributed by atoms with E-state index in [4.69, 9.17) is 26.2 Å². The highest BCUT2D eigenvalue weighted by Gasteiger charge is 2.13. The van der Waals surface area contributed by atoms with Gasteiger partial charge in [-0.15, -0.1) is 11.6 Å². The molecule has 0 aromatic heterocycles. The summed E-state index contributed by atoms with van der Waals surface area (Å²) in [4.78, 5) is 22.9. The van der Waals surface area contributed by atoms with E-state index in [1.54, 1.807) is 6.92 Å². The Bertz CT molecular complexity index is 501. The number of ether oxygens (including phenoxy) is 2. The minimum atomic E-state index is -1.11. The van der Waals surface area contributed by atoms with Crippen LogP contribution in [0.1, 0.15) is 53.3 Å². The molecule has 1 aromatic rings. The van der Waals surface area contributed by atoms with E-state index in [2.05, 4.69) is 0 Å². The number of carboxylic acid groups (broad SMARTS) is 1. The molecule has 0 fully saturated rings. The Balaban J connectivity index is 2.68. The Hall–Kier alpha value is -1.75. The van der Waals surface area contributed by atoms with Crippen LogP contribution in [0.5, 0.6) is 5.75 Å². The van der Waals surface area contributed by atoms with Gasteiger partial charge in [0.1, 0.15) is 5.75 Å². The highest BCUT2D eigenvalue weighted by molar-refractivity contribution is 6.17. The molecule has 5 nitrogen and oxygen atoms in total. The molecule has 122 valence electrons. The molecular formula is C16H21ClO5. The highest BCUT2D eigenvalue weighted by atomic mass is 35.5. The first-order valence-corrected chi connectivity index (χ1v) is 7.86. The number of esters is 1. The monoisotopic (exact) mass is 328 g/mol. The first-order valence-electron chi connectivity index (χ1n) is 7.32. The Morgan fingerprint density at radius 2 is 1.77 bits per heavy atom. The predicted octanol–water partition coefficient (Wildman–Crippen LogP) is 3.74. The average Bonchev–Trinajstić information content (AvgIpc) is 2.50. The number of hydrogen-bond donors (Lipinski definition) is 1. The summed E-state index contributed by atoms with van der Waals surface area (Å²) in [6.45, 7) is 2.39. The molecule has 0 radical (unpaired) electrons.